The Hall–Kier alpha value is -0.940. The predicted molar refractivity (Wildman–Crippen MR) is 111 cm³/mol. The first kappa shape index (κ1) is 18.8. The van der Waals surface area contributed by atoms with Gasteiger partial charge < -0.3 is 4.52 Å². The molecular formula is C20H22IO3P. The lowest BCUT2D eigenvalue weighted by molar-refractivity contribution is 0.213. The third-order valence-corrected chi connectivity index (χ3v) is 7.89. The maximum atomic E-state index is 13.3. The highest BCUT2D eigenvalue weighted by molar-refractivity contribution is 14.1. The molecule has 2 aromatic carbocycles. The third-order valence-electron chi connectivity index (χ3n) is 4.34. The quantitative estimate of drug-likeness (QED) is 0.372. The van der Waals surface area contributed by atoms with E-state index in [1.165, 1.54) is 12.7 Å². The Morgan fingerprint density at radius 2 is 1.64 bits per heavy atom. The lowest BCUT2D eigenvalue weighted by Gasteiger charge is -2.20. The summed E-state index contributed by atoms with van der Waals surface area (Å²) in [5.74, 6) is 0. The van der Waals surface area contributed by atoms with Crippen molar-refractivity contribution in [3.8, 4) is 0 Å². The first-order valence-electron chi connectivity index (χ1n) is 8.16. The molecular weight excluding hydrogens is 446 g/mol. The van der Waals surface area contributed by atoms with Gasteiger partial charge in [-0.05, 0) is 44.7 Å². The maximum Gasteiger partial charge on any atom is 0.363 e. The Morgan fingerprint density at radius 3 is 2.16 bits per heavy atom. The van der Waals surface area contributed by atoms with E-state index in [1.807, 2.05) is 42.5 Å². The molecule has 2 aromatic rings. The van der Waals surface area contributed by atoms with Crippen LogP contribution in [0.3, 0.4) is 0 Å². The summed E-state index contributed by atoms with van der Waals surface area (Å²) in [5.41, 5.74) is 3.17. The molecule has 5 heteroatoms. The smallest absolute Gasteiger partial charge is 0.309 e. The molecule has 0 aliphatic carbocycles. The molecule has 0 bridgehead atoms. The van der Waals surface area contributed by atoms with Gasteiger partial charge in [-0.15, -0.1) is 0 Å². The number of hydrogen-bond donors (Lipinski definition) is 0. The predicted octanol–water partition coefficient (Wildman–Crippen LogP) is 6.70. The van der Waals surface area contributed by atoms with Gasteiger partial charge in [-0.1, -0.05) is 75.4 Å². The lowest BCUT2D eigenvalue weighted by Crippen LogP contribution is -2.10. The molecule has 3 rings (SSSR count). The van der Waals surface area contributed by atoms with E-state index in [-0.39, 0.29) is 11.5 Å². The standard InChI is InChI=1S/C20H22IO3P/c1-20(2,3)16-12-10-15(11-13-16)19-17(21)18(24-25(19,22)23-4)14-8-6-5-7-9-14/h5-13,18H,1-4H3. The van der Waals surface area contributed by atoms with Crippen LogP contribution in [0.25, 0.3) is 5.31 Å². The van der Waals surface area contributed by atoms with E-state index in [0.29, 0.717) is 5.31 Å². The van der Waals surface area contributed by atoms with Crippen molar-refractivity contribution in [2.45, 2.75) is 32.3 Å². The lowest BCUT2D eigenvalue weighted by atomic mass is 9.86. The Labute approximate surface area is 163 Å². The van der Waals surface area contributed by atoms with Gasteiger partial charge in [0.05, 0.1) is 5.31 Å². The van der Waals surface area contributed by atoms with Gasteiger partial charge in [-0.2, -0.15) is 0 Å². The van der Waals surface area contributed by atoms with E-state index in [1.54, 1.807) is 0 Å². The van der Waals surface area contributed by atoms with Crippen LogP contribution in [0.15, 0.2) is 58.2 Å². The zero-order chi connectivity index (χ0) is 18.2. The van der Waals surface area contributed by atoms with E-state index < -0.39 is 7.60 Å². The van der Waals surface area contributed by atoms with Crippen molar-refractivity contribution < 1.29 is 13.6 Å². The van der Waals surface area contributed by atoms with Gasteiger partial charge in [0.25, 0.3) is 0 Å². The first-order valence-corrected chi connectivity index (χ1v) is 10.8. The normalized spacial score (nSPS) is 24.0. The number of halogens is 1. The summed E-state index contributed by atoms with van der Waals surface area (Å²) in [5, 5.41) is 0.671. The van der Waals surface area contributed by atoms with Gasteiger partial charge >= 0.3 is 7.60 Å². The molecule has 0 fully saturated rings. The van der Waals surface area contributed by atoms with Crippen molar-refractivity contribution in [3.63, 3.8) is 0 Å². The molecule has 0 radical (unpaired) electrons. The minimum atomic E-state index is -3.34. The first-order chi connectivity index (χ1) is 11.8. The molecule has 1 aliphatic heterocycles. The summed E-state index contributed by atoms with van der Waals surface area (Å²) in [6.45, 7) is 6.53. The summed E-state index contributed by atoms with van der Waals surface area (Å²) in [6, 6.07) is 18.0. The van der Waals surface area contributed by atoms with Crippen molar-refractivity contribution >= 4 is 35.5 Å². The number of rotatable bonds is 3. The van der Waals surface area contributed by atoms with Crippen molar-refractivity contribution in [3.05, 3.63) is 74.9 Å². The van der Waals surface area contributed by atoms with E-state index in [0.717, 1.165) is 14.7 Å². The Balaban J connectivity index is 2.07. The number of hydrogen-bond acceptors (Lipinski definition) is 3. The minimum absolute atomic E-state index is 0.0732. The van der Waals surface area contributed by atoms with Crippen LogP contribution in [0.2, 0.25) is 0 Å². The Kier molecular flexibility index (Phi) is 5.27. The molecule has 3 nitrogen and oxygen atoms in total. The summed E-state index contributed by atoms with van der Waals surface area (Å²) >= 11 is 2.24. The third kappa shape index (κ3) is 3.63. The second kappa shape index (κ2) is 6.99. The van der Waals surface area contributed by atoms with E-state index >= 15 is 0 Å². The molecule has 1 heterocycles. The van der Waals surface area contributed by atoms with Crippen LogP contribution in [-0.2, 0) is 19.0 Å². The van der Waals surface area contributed by atoms with E-state index in [2.05, 4.69) is 55.5 Å². The Bertz CT molecular complexity index is 835. The number of benzene rings is 2. The molecule has 0 saturated carbocycles. The average molecular weight is 468 g/mol. The second-order valence-electron chi connectivity index (χ2n) is 7.10. The molecule has 0 aromatic heterocycles. The van der Waals surface area contributed by atoms with Gasteiger partial charge in [0, 0.05) is 10.7 Å². The van der Waals surface area contributed by atoms with Crippen LogP contribution < -0.4 is 0 Å². The van der Waals surface area contributed by atoms with Crippen molar-refractivity contribution in [1.82, 2.24) is 0 Å². The zero-order valence-electron chi connectivity index (χ0n) is 14.8. The fourth-order valence-electron chi connectivity index (χ4n) is 2.89. The molecule has 132 valence electrons. The molecule has 2 unspecified atom stereocenters. The van der Waals surface area contributed by atoms with Gasteiger partial charge in [0.15, 0.2) is 0 Å². The summed E-state index contributed by atoms with van der Waals surface area (Å²) < 4.78 is 25.5. The summed E-state index contributed by atoms with van der Waals surface area (Å²) in [6.07, 6.45) is -0.357. The highest BCUT2D eigenvalue weighted by Gasteiger charge is 2.44. The fourth-order valence-corrected chi connectivity index (χ4v) is 6.49. The largest absolute Gasteiger partial charge is 0.363 e. The van der Waals surface area contributed by atoms with Crippen LogP contribution in [0.1, 0.15) is 43.6 Å². The molecule has 0 N–H and O–H groups in total. The topological polar surface area (TPSA) is 35.5 Å². The highest BCUT2D eigenvalue weighted by Crippen LogP contribution is 2.71. The minimum Gasteiger partial charge on any atom is -0.309 e. The van der Waals surface area contributed by atoms with Gasteiger partial charge in [0.1, 0.15) is 6.10 Å². The van der Waals surface area contributed by atoms with Crippen LogP contribution in [0, 0.1) is 0 Å². The molecule has 25 heavy (non-hydrogen) atoms. The van der Waals surface area contributed by atoms with Crippen molar-refractivity contribution in [1.29, 1.82) is 0 Å². The molecule has 0 saturated heterocycles. The van der Waals surface area contributed by atoms with Gasteiger partial charge in [-0.3, -0.25) is 9.09 Å². The second-order valence-corrected chi connectivity index (χ2v) is 10.3. The van der Waals surface area contributed by atoms with Crippen LogP contribution >= 0.6 is 30.2 Å². The SMILES string of the molecule is COP1(=O)OC(c2ccccc2)C(I)=C1c1ccc(C(C)(C)C)cc1. The molecule has 1 aliphatic rings. The average Bonchev–Trinajstić information content (AvgIpc) is 2.87. The zero-order valence-corrected chi connectivity index (χ0v) is 17.9. The molecule has 0 amide bonds. The van der Waals surface area contributed by atoms with E-state index in [9.17, 15) is 4.57 Å². The van der Waals surface area contributed by atoms with Crippen LogP contribution in [0.5, 0.6) is 0 Å². The van der Waals surface area contributed by atoms with Crippen LogP contribution in [0.4, 0.5) is 0 Å². The molecule has 2 atom stereocenters. The monoisotopic (exact) mass is 468 g/mol. The van der Waals surface area contributed by atoms with Crippen molar-refractivity contribution in [2.24, 2.45) is 0 Å². The maximum absolute atomic E-state index is 13.3. The highest BCUT2D eigenvalue weighted by atomic mass is 127. The van der Waals surface area contributed by atoms with Gasteiger partial charge in [-0.25, -0.2) is 0 Å². The van der Waals surface area contributed by atoms with Crippen LogP contribution in [-0.4, -0.2) is 7.11 Å². The fraction of sp³-hybridized carbons (Fsp3) is 0.300. The summed E-state index contributed by atoms with van der Waals surface area (Å²) in [4.78, 5) is 0. The summed E-state index contributed by atoms with van der Waals surface area (Å²) in [7, 11) is -1.90. The molecule has 0 spiro atoms. The Morgan fingerprint density at radius 1 is 1.04 bits per heavy atom. The van der Waals surface area contributed by atoms with Crippen molar-refractivity contribution in [2.75, 3.05) is 7.11 Å². The van der Waals surface area contributed by atoms with Gasteiger partial charge in [0.2, 0.25) is 0 Å². The van der Waals surface area contributed by atoms with E-state index in [4.69, 9.17) is 9.05 Å².